The van der Waals surface area contributed by atoms with Crippen molar-refractivity contribution in [3.8, 4) is 16.9 Å². The largest absolute Gasteiger partial charge is 0.368 e. The number of nitrogens with one attached hydrogen (secondary N) is 1. The zero-order valence-electron chi connectivity index (χ0n) is 22.0. The lowest BCUT2D eigenvalue weighted by atomic mass is 10.1. The summed E-state index contributed by atoms with van der Waals surface area (Å²) in [5.74, 6) is 1.13. The minimum absolute atomic E-state index is 0.0485. The van der Waals surface area contributed by atoms with Gasteiger partial charge in [0.05, 0.1) is 28.2 Å². The molecule has 5 rings (SSSR count). The predicted octanol–water partition coefficient (Wildman–Crippen LogP) is 5.34. The van der Waals surface area contributed by atoms with Gasteiger partial charge in [0.2, 0.25) is 5.95 Å². The third-order valence-electron chi connectivity index (χ3n) is 7.06. The molecule has 3 aromatic heterocycles. The monoisotopic (exact) mass is 581 g/mol. The van der Waals surface area contributed by atoms with Gasteiger partial charge in [-0.1, -0.05) is 23.2 Å². The Morgan fingerprint density at radius 2 is 2.05 bits per heavy atom. The van der Waals surface area contributed by atoms with Gasteiger partial charge in [0.15, 0.2) is 0 Å². The number of hydrogen-bond donors (Lipinski definition) is 1. The first-order valence-corrected chi connectivity index (χ1v) is 13.7. The fourth-order valence-corrected chi connectivity index (χ4v) is 5.37. The third-order valence-corrected chi connectivity index (χ3v) is 7.61. The molecular formula is C27H29Cl2N9O2. The van der Waals surface area contributed by atoms with Gasteiger partial charge in [0.1, 0.15) is 17.7 Å². The number of imidazole rings is 1. The first kappa shape index (κ1) is 27.8. The summed E-state index contributed by atoms with van der Waals surface area (Å²) in [6.45, 7) is 2.98. The first-order chi connectivity index (χ1) is 19.4. The van der Waals surface area contributed by atoms with E-state index in [4.69, 9.17) is 33.2 Å². The average Bonchev–Trinajstić information content (AvgIpc) is 3.63. The SMILES string of the molecule is CN1CCCC1CCN(CCNc1ccc([N+](=O)[O-])cn1)c1ncc(-n2ccnc2)c(-c2ccc(Cl)cc2Cl)n1. The lowest BCUT2D eigenvalue weighted by Gasteiger charge is -2.27. The average molecular weight is 582 g/mol. The molecule has 208 valence electrons. The van der Waals surface area contributed by atoms with Crippen molar-refractivity contribution in [1.82, 2.24) is 29.4 Å². The van der Waals surface area contributed by atoms with Gasteiger partial charge in [0, 0.05) is 54.7 Å². The van der Waals surface area contributed by atoms with E-state index in [2.05, 4.69) is 32.1 Å². The van der Waals surface area contributed by atoms with Gasteiger partial charge in [-0.3, -0.25) is 10.1 Å². The highest BCUT2D eigenvalue weighted by molar-refractivity contribution is 6.36. The van der Waals surface area contributed by atoms with E-state index in [9.17, 15) is 10.1 Å². The standard InChI is InChI=1S/C27H29Cl2N9O2/c1-35-11-2-3-20(35)8-12-36(14-10-31-25-7-5-21(16-32-25)38(39)40)27-33-17-24(37-13-9-30-18-37)26(34-27)22-6-4-19(28)15-23(22)29/h4-7,9,13,15-18,20H,2-3,8,10-12,14H2,1H3,(H,31,32). The maximum Gasteiger partial charge on any atom is 0.287 e. The Bertz CT molecular complexity index is 1450. The zero-order valence-corrected chi connectivity index (χ0v) is 23.5. The summed E-state index contributed by atoms with van der Waals surface area (Å²) >= 11 is 12.8. The molecule has 0 bridgehead atoms. The number of anilines is 2. The van der Waals surface area contributed by atoms with Crippen LogP contribution in [0.2, 0.25) is 10.0 Å². The molecule has 40 heavy (non-hydrogen) atoms. The topological polar surface area (TPSA) is 118 Å². The van der Waals surface area contributed by atoms with E-state index >= 15 is 0 Å². The van der Waals surface area contributed by atoms with Crippen molar-refractivity contribution in [3.63, 3.8) is 0 Å². The van der Waals surface area contributed by atoms with Crippen molar-refractivity contribution in [1.29, 1.82) is 0 Å². The number of aromatic nitrogens is 5. The summed E-state index contributed by atoms with van der Waals surface area (Å²) in [6.07, 6.45) is 11.6. The molecule has 1 aliphatic rings. The van der Waals surface area contributed by atoms with Crippen LogP contribution in [-0.4, -0.2) is 73.6 Å². The van der Waals surface area contributed by atoms with Crippen LogP contribution in [0.5, 0.6) is 0 Å². The maximum absolute atomic E-state index is 10.9. The fraction of sp³-hybridized carbons (Fsp3) is 0.333. The lowest BCUT2D eigenvalue weighted by molar-refractivity contribution is -0.385. The summed E-state index contributed by atoms with van der Waals surface area (Å²) < 4.78 is 1.85. The van der Waals surface area contributed by atoms with Crippen LogP contribution in [0, 0.1) is 10.1 Å². The van der Waals surface area contributed by atoms with Crippen LogP contribution >= 0.6 is 23.2 Å². The van der Waals surface area contributed by atoms with Crippen molar-refractivity contribution in [2.45, 2.75) is 25.3 Å². The molecule has 0 spiro atoms. The van der Waals surface area contributed by atoms with Crippen LogP contribution in [0.4, 0.5) is 17.5 Å². The first-order valence-electron chi connectivity index (χ1n) is 13.0. The van der Waals surface area contributed by atoms with Gasteiger partial charge in [-0.15, -0.1) is 0 Å². The second-order valence-electron chi connectivity index (χ2n) is 9.64. The molecule has 1 aliphatic heterocycles. The molecule has 0 amide bonds. The van der Waals surface area contributed by atoms with Crippen molar-refractivity contribution >= 4 is 40.7 Å². The lowest BCUT2D eigenvalue weighted by Crippen LogP contribution is -2.35. The highest BCUT2D eigenvalue weighted by Gasteiger charge is 2.23. The number of rotatable bonds is 11. The minimum atomic E-state index is -0.464. The molecule has 0 saturated carbocycles. The second-order valence-corrected chi connectivity index (χ2v) is 10.5. The fourth-order valence-electron chi connectivity index (χ4n) is 4.87. The van der Waals surface area contributed by atoms with Crippen molar-refractivity contribution in [2.75, 3.05) is 43.4 Å². The molecule has 11 nitrogen and oxygen atoms in total. The second kappa shape index (κ2) is 12.6. The quantitative estimate of drug-likeness (QED) is 0.185. The highest BCUT2D eigenvalue weighted by atomic mass is 35.5. The van der Waals surface area contributed by atoms with E-state index < -0.39 is 4.92 Å². The smallest absolute Gasteiger partial charge is 0.287 e. The van der Waals surface area contributed by atoms with E-state index in [0.29, 0.717) is 46.6 Å². The van der Waals surface area contributed by atoms with Gasteiger partial charge in [0.25, 0.3) is 5.69 Å². The highest BCUT2D eigenvalue weighted by Crippen LogP contribution is 2.34. The number of nitrogens with zero attached hydrogens (tertiary/aromatic N) is 8. The predicted molar refractivity (Wildman–Crippen MR) is 156 cm³/mol. The maximum atomic E-state index is 10.9. The van der Waals surface area contributed by atoms with Gasteiger partial charge in [-0.05, 0) is 57.1 Å². The molecular weight excluding hydrogens is 553 g/mol. The molecule has 4 aromatic rings. The van der Waals surface area contributed by atoms with Crippen LogP contribution in [-0.2, 0) is 0 Å². The number of hydrogen-bond acceptors (Lipinski definition) is 9. The Morgan fingerprint density at radius 1 is 1.18 bits per heavy atom. The van der Waals surface area contributed by atoms with Crippen LogP contribution < -0.4 is 10.2 Å². The van der Waals surface area contributed by atoms with Crippen LogP contribution in [0.15, 0.2) is 61.4 Å². The summed E-state index contributed by atoms with van der Waals surface area (Å²) in [5, 5.41) is 15.2. The summed E-state index contributed by atoms with van der Waals surface area (Å²) in [6, 6.07) is 8.89. The Morgan fingerprint density at radius 3 is 2.73 bits per heavy atom. The molecule has 1 saturated heterocycles. The molecule has 13 heteroatoms. The molecule has 0 aliphatic carbocycles. The minimum Gasteiger partial charge on any atom is -0.368 e. The number of halogens is 2. The van der Waals surface area contributed by atoms with Crippen LogP contribution in [0.25, 0.3) is 16.9 Å². The zero-order chi connectivity index (χ0) is 28.1. The van der Waals surface area contributed by atoms with Gasteiger partial charge >= 0.3 is 0 Å². The van der Waals surface area contributed by atoms with E-state index in [-0.39, 0.29) is 5.69 Å². The number of likely N-dealkylation sites (tertiary alicyclic amines) is 1. The molecule has 1 fully saturated rings. The summed E-state index contributed by atoms with van der Waals surface area (Å²) in [5.41, 5.74) is 2.10. The van der Waals surface area contributed by atoms with E-state index in [1.807, 2.05) is 16.8 Å². The Labute approximate surface area is 242 Å². The number of nitro groups is 1. The van der Waals surface area contributed by atoms with Crippen molar-refractivity contribution in [3.05, 3.63) is 81.6 Å². The molecule has 0 radical (unpaired) electrons. The van der Waals surface area contributed by atoms with Crippen LogP contribution in [0.3, 0.4) is 0 Å². The summed E-state index contributed by atoms with van der Waals surface area (Å²) in [7, 11) is 2.17. The summed E-state index contributed by atoms with van der Waals surface area (Å²) in [4.78, 5) is 33.1. The Balaban J connectivity index is 1.43. The van der Waals surface area contributed by atoms with Gasteiger partial charge < -0.3 is 19.7 Å². The number of benzene rings is 1. The molecule has 1 N–H and O–H groups in total. The normalized spacial score (nSPS) is 15.3. The van der Waals surface area contributed by atoms with Gasteiger partial charge in [-0.25, -0.2) is 19.9 Å². The third kappa shape index (κ3) is 6.49. The van der Waals surface area contributed by atoms with Crippen molar-refractivity contribution in [2.24, 2.45) is 0 Å². The molecule has 1 aromatic carbocycles. The van der Waals surface area contributed by atoms with E-state index in [1.165, 1.54) is 25.1 Å². The Hall–Kier alpha value is -3.80. The number of pyridine rings is 1. The molecule has 1 atom stereocenters. The molecule has 1 unspecified atom stereocenters. The molecule has 4 heterocycles. The van der Waals surface area contributed by atoms with Crippen molar-refractivity contribution < 1.29 is 4.92 Å². The van der Waals surface area contributed by atoms with Gasteiger partial charge in [-0.2, -0.15) is 0 Å². The Kier molecular flexibility index (Phi) is 8.73. The van der Waals surface area contributed by atoms with Crippen LogP contribution in [0.1, 0.15) is 19.3 Å². The van der Waals surface area contributed by atoms with E-state index in [0.717, 1.165) is 30.8 Å². The van der Waals surface area contributed by atoms with E-state index in [1.54, 1.807) is 36.9 Å².